The lowest BCUT2D eigenvalue weighted by atomic mass is 10.1. The molecule has 26 heavy (non-hydrogen) atoms. The Hall–Kier alpha value is -2.41. The number of anilines is 1. The van der Waals surface area contributed by atoms with Crippen LogP contribution < -0.4 is 10.9 Å². The summed E-state index contributed by atoms with van der Waals surface area (Å²) in [4.78, 5) is 30.1. The summed E-state index contributed by atoms with van der Waals surface area (Å²) in [5.74, 6) is 0.676. The van der Waals surface area contributed by atoms with Gasteiger partial charge >= 0.3 is 0 Å². The van der Waals surface area contributed by atoms with Crippen LogP contribution in [0.15, 0.2) is 39.6 Å². The number of benzene rings is 1. The van der Waals surface area contributed by atoms with Gasteiger partial charge in [-0.2, -0.15) is 0 Å². The highest BCUT2D eigenvalue weighted by molar-refractivity contribution is 9.10. The summed E-state index contributed by atoms with van der Waals surface area (Å²) in [6, 6.07) is 9.31. The third-order valence-electron chi connectivity index (χ3n) is 4.73. The number of nitrogens with one attached hydrogen (secondary N) is 1. The number of aryl methyl sites for hydroxylation is 2. The molecule has 6 nitrogen and oxygen atoms in total. The summed E-state index contributed by atoms with van der Waals surface area (Å²) in [5.41, 5.74) is 2.71. The van der Waals surface area contributed by atoms with Gasteiger partial charge in [0, 0.05) is 28.8 Å². The van der Waals surface area contributed by atoms with Gasteiger partial charge in [0.05, 0.1) is 5.52 Å². The lowest BCUT2D eigenvalue weighted by Gasteiger charge is -2.17. The van der Waals surface area contributed by atoms with Gasteiger partial charge in [0.25, 0.3) is 5.56 Å². The number of nitrogens with zero attached hydrogens (tertiary/aromatic N) is 3. The van der Waals surface area contributed by atoms with Gasteiger partial charge in [0.1, 0.15) is 17.9 Å². The van der Waals surface area contributed by atoms with Gasteiger partial charge in [-0.05, 0) is 44.0 Å². The van der Waals surface area contributed by atoms with Crippen LogP contribution in [0.2, 0.25) is 0 Å². The molecule has 1 aliphatic rings. The first-order valence-electron chi connectivity index (χ1n) is 8.68. The van der Waals surface area contributed by atoms with Gasteiger partial charge in [-0.3, -0.25) is 14.2 Å². The molecule has 1 amide bonds. The zero-order valence-electron chi connectivity index (χ0n) is 14.5. The number of rotatable bonds is 3. The fraction of sp³-hybridized carbons (Fsp3) is 0.316. The van der Waals surface area contributed by atoms with Crippen molar-refractivity contribution in [3.8, 4) is 0 Å². The fourth-order valence-corrected chi connectivity index (χ4v) is 3.90. The number of halogens is 1. The van der Waals surface area contributed by atoms with Crippen LogP contribution in [0.4, 0.5) is 5.69 Å². The van der Waals surface area contributed by atoms with Crippen LogP contribution in [0.1, 0.15) is 24.4 Å². The fourth-order valence-electron chi connectivity index (χ4n) is 3.50. The number of fused-ring (bicyclic) bond motifs is 2. The molecular formula is C19H19BrN4O2. The predicted molar refractivity (Wildman–Crippen MR) is 104 cm³/mol. The van der Waals surface area contributed by atoms with Crippen molar-refractivity contribution in [1.82, 2.24) is 14.1 Å². The van der Waals surface area contributed by atoms with Crippen LogP contribution in [0, 0.1) is 6.92 Å². The van der Waals surface area contributed by atoms with Gasteiger partial charge in [-0.25, -0.2) is 4.98 Å². The Bertz CT molecular complexity index is 1070. The number of aromatic nitrogens is 3. The van der Waals surface area contributed by atoms with Crippen LogP contribution in [-0.4, -0.2) is 20.0 Å². The van der Waals surface area contributed by atoms with E-state index in [1.165, 1.54) is 0 Å². The van der Waals surface area contributed by atoms with Crippen molar-refractivity contribution < 1.29 is 4.79 Å². The van der Waals surface area contributed by atoms with Crippen molar-refractivity contribution in [2.45, 2.75) is 39.3 Å². The molecule has 7 heteroatoms. The largest absolute Gasteiger partial charge is 0.330 e. The maximum absolute atomic E-state index is 13.0. The molecule has 0 fully saturated rings. The average Bonchev–Trinajstić information content (AvgIpc) is 2.90. The summed E-state index contributed by atoms with van der Waals surface area (Å²) in [6.07, 6.45) is 2.88. The zero-order chi connectivity index (χ0) is 18.3. The molecule has 0 aliphatic carbocycles. The molecule has 3 heterocycles. The van der Waals surface area contributed by atoms with E-state index in [0.717, 1.165) is 35.3 Å². The van der Waals surface area contributed by atoms with E-state index in [-0.39, 0.29) is 18.0 Å². The van der Waals surface area contributed by atoms with E-state index < -0.39 is 0 Å². The summed E-state index contributed by atoms with van der Waals surface area (Å²) in [7, 11) is 0. The molecule has 0 radical (unpaired) electrons. The SMILES string of the molecule is Cc1cc2nc3n(c(=O)c2n1CC(=O)Nc1cccc(Br)c1)CCCC3. The van der Waals surface area contributed by atoms with Crippen molar-refractivity contribution in [2.24, 2.45) is 0 Å². The van der Waals surface area contributed by atoms with Gasteiger partial charge in [0.2, 0.25) is 5.91 Å². The molecular weight excluding hydrogens is 396 g/mol. The van der Waals surface area contributed by atoms with E-state index in [0.29, 0.717) is 23.3 Å². The summed E-state index contributed by atoms with van der Waals surface area (Å²) >= 11 is 3.39. The minimum absolute atomic E-state index is 0.0481. The molecule has 2 aromatic heterocycles. The van der Waals surface area contributed by atoms with Crippen LogP contribution in [-0.2, 0) is 24.3 Å². The molecule has 4 rings (SSSR count). The number of hydrogen-bond donors (Lipinski definition) is 1. The molecule has 0 atom stereocenters. The summed E-state index contributed by atoms with van der Waals surface area (Å²) < 4.78 is 4.42. The Balaban J connectivity index is 1.69. The number of hydrogen-bond acceptors (Lipinski definition) is 3. The van der Waals surface area contributed by atoms with E-state index in [4.69, 9.17) is 0 Å². The van der Waals surface area contributed by atoms with Crippen molar-refractivity contribution >= 4 is 38.6 Å². The van der Waals surface area contributed by atoms with Crippen molar-refractivity contribution in [2.75, 3.05) is 5.32 Å². The average molecular weight is 415 g/mol. The second kappa shape index (κ2) is 6.72. The van der Waals surface area contributed by atoms with Crippen LogP contribution in [0.5, 0.6) is 0 Å². The van der Waals surface area contributed by atoms with Gasteiger partial charge in [-0.1, -0.05) is 22.0 Å². The predicted octanol–water partition coefficient (Wildman–Crippen LogP) is 3.24. The highest BCUT2D eigenvalue weighted by Gasteiger charge is 2.19. The minimum atomic E-state index is -0.175. The first-order chi connectivity index (χ1) is 12.5. The second-order valence-corrected chi connectivity index (χ2v) is 7.52. The molecule has 1 aromatic carbocycles. The molecule has 0 bridgehead atoms. The quantitative estimate of drug-likeness (QED) is 0.714. The number of carbonyl (C=O) groups excluding carboxylic acids is 1. The van der Waals surface area contributed by atoms with E-state index >= 15 is 0 Å². The van der Waals surface area contributed by atoms with Crippen molar-refractivity contribution in [3.63, 3.8) is 0 Å². The zero-order valence-corrected chi connectivity index (χ0v) is 16.0. The van der Waals surface area contributed by atoms with E-state index in [2.05, 4.69) is 26.2 Å². The number of carbonyl (C=O) groups is 1. The smallest absolute Gasteiger partial charge is 0.278 e. The first kappa shape index (κ1) is 17.0. The first-order valence-corrected chi connectivity index (χ1v) is 9.47. The van der Waals surface area contributed by atoms with E-state index in [9.17, 15) is 9.59 Å². The van der Waals surface area contributed by atoms with Crippen LogP contribution in [0.3, 0.4) is 0 Å². The van der Waals surface area contributed by atoms with Crippen molar-refractivity contribution in [1.29, 1.82) is 0 Å². The molecule has 0 unspecified atom stereocenters. The standard InChI is InChI=1S/C19H19BrN4O2/c1-12-9-15-18(19(26)23-8-3-2-7-16(23)22-15)24(12)11-17(25)21-14-6-4-5-13(20)10-14/h4-6,9-10H,2-3,7-8,11H2,1H3,(H,21,25). The van der Waals surface area contributed by atoms with E-state index in [1.54, 1.807) is 9.13 Å². The highest BCUT2D eigenvalue weighted by Crippen LogP contribution is 2.19. The number of amides is 1. The molecule has 134 valence electrons. The Morgan fingerprint density at radius 1 is 1.31 bits per heavy atom. The lowest BCUT2D eigenvalue weighted by Crippen LogP contribution is -2.30. The summed E-state index contributed by atoms with van der Waals surface area (Å²) in [6.45, 7) is 2.68. The van der Waals surface area contributed by atoms with Gasteiger partial charge < -0.3 is 9.88 Å². The second-order valence-electron chi connectivity index (χ2n) is 6.61. The third kappa shape index (κ3) is 3.07. The maximum atomic E-state index is 13.0. The summed E-state index contributed by atoms with van der Waals surface area (Å²) in [5, 5.41) is 2.88. The Labute approximate surface area is 159 Å². The van der Waals surface area contributed by atoms with E-state index in [1.807, 2.05) is 37.3 Å². The molecule has 0 spiro atoms. The van der Waals surface area contributed by atoms with Gasteiger partial charge in [-0.15, -0.1) is 0 Å². The normalized spacial score (nSPS) is 13.6. The third-order valence-corrected chi connectivity index (χ3v) is 5.23. The molecule has 3 aromatic rings. The Kier molecular flexibility index (Phi) is 4.40. The molecule has 1 aliphatic heterocycles. The minimum Gasteiger partial charge on any atom is -0.330 e. The monoisotopic (exact) mass is 414 g/mol. The lowest BCUT2D eigenvalue weighted by molar-refractivity contribution is -0.116. The molecule has 1 N–H and O–H groups in total. The van der Waals surface area contributed by atoms with Crippen LogP contribution in [0.25, 0.3) is 11.0 Å². The highest BCUT2D eigenvalue weighted by atomic mass is 79.9. The topological polar surface area (TPSA) is 68.9 Å². The van der Waals surface area contributed by atoms with Crippen molar-refractivity contribution in [3.05, 3.63) is 56.7 Å². The van der Waals surface area contributed by atoms with Gasteiger partial charge in [0.15, 0.2) is 0 Å². The Morgan fingerprint density at radius 2 is 2.15 bits per heavy atom. The maximum Gasteiger partial charge on any atom is 0.278 e. The Morgan fingerprint density at radius 3 is 2.96 bits per heavy atom. The molecule has 0 saturated heterocycles. The molecule has 0 saturated carbocycles. The van der Waals surface area contributed by atoms with Crippen LogP contribution >= 0.6 is 15.9 Å².